The topological polar surface area (TPSA) is 72.9 Å². The van der Waals surface area contributed by atoms with Crippen LogP contribution < -0.4 is 11.1 Å². The second-order valence-electron chi connectivity index (χ2n) is 5.22. The fraction of sp³-hybridized carbons (Fsp3) is 0.333. The summed E-state index contributed by atoms with van der Waals surface area (Å²) in [5, 5.41) is 7.43. The molecule has 0 radical (unpaired) electrons. The maximum absolute atomic E-state index is 12.1. The van der Waals surface area contributed by atoms with Crippen LogP contribution in [-0.2, 0) is 31.1 Å². The zero-order chi connectivity index (χ0) is 14.1. The van der Waals surface area contributed by atoms with E-state index in [-0.39, 0.29) is 5.91 Å². The molecule has 20 heavy (non-hydrogen) atoms. The molecule has 1 aromatic heterocycles. The molecule has 0 unspecified atom stereocenters. The smallest absolute Gasteiger partial charge is 0.229 e. The molecule has 0 aliphatic heterocycles. The van der Waals surface area contributed by atoms with E-state index in [1.165, 1.54) is 5.56 Å². The number of rotatable bonds is 3. The SMILES string of the molecule is Cn1nc2c(c1NC(=O)Cc1ccc(N)cc1)CCC2. The minimum absolute atomic E-state index is 0.0209. The number of aromatic nitrogens is 2. The number of fused-ring (bicyclic) bond motifs is 1. The monoisotopic (exact) mass is 270 g/mol. The molecule has 5 nitrogen and oxygen atoms in total. The van der Waals surface area contributed by atoms with Gasteiger partial charge in [0.05, 0.1) is 12.1 Å². The van der Waals surface area contributed by atoms with Gasteiger partial charge in [-0.05, 0) is 37.0 Å². The first-order valence-corrected chi connectivity index (χ1v) is 6.82. The van der Waals surface area contributed by atoms with Crippen LogP contribution in [0.1, 0.15) is 23.2 Å². The Morgan fingerprint density at radius 1 is 1.35 bits per heavy atom. The second-order valence-corrected chi connectivity index (χ2v) is 5.22. The lowest BCUT2D eigenvalue weighted by atomic mass is 10.1. The molecule has 104 valence electrons. The second kappa shape index (κ2) is 5.00. The quantitative estimate of drug-likeness (QED) is 0.833. The van der Waals surface area contributed by atoms with Crippen molar-refractivity contribution in [1.82, 2.24) is 9.78 Å². The number of benzene rings is 1. The van der Waals surface area contributed by atoms with E-state index < -0.39 is 0 Å². The summed E-state index contributed by atoms with van der Waals surface area (Å²) in [6.07, 6.45) is 3.48. The third-order valence-electron chi connectivity index (χ3n) is 3.67. The van der Waals surface area contributed by atoms with Crippen LogP contribution in [0, 0.1) is 0 Å². The summed E-state index contributed by atoms with van der Waals surface area (Å²) in [6.45, 7) is 0. The minimum atomic E-state index is -0.0209. The van der Waals surface area contributed by atoms with Crippen LogP contribution in [0.2, 0.25) is 0 Å². The van der Waals surface area contributed by atoms with Gasteiger partial charge in [-0.3, -0.25) is 9.48 Å². The van der Waals surface area contributed by atoms with Gasteiger partial charge in [0.15, 0.2) is 0 Å². The lowest BCUT2D eigenvalue weighted by Crippen LogP contribution is -2.17. The van der Waals surface area contributed by atoms with E-state index in [0.29, 0.717) is 12.1 Å². The van der Waals surface area contributed by atoms with Gasteiger partial charge in [-0.1, -0.05) is 12.1 Å². The number of anilines is 2. The van der Waals surface area contributed by atoms with Gasteiger partial charge in [0.1, 0.15) is 5.82 Å². The number of aryl methyl sites for hydroxylation is 2. The Labute approximate surface area is 117 Å². The Kier molecular flexibility index (Phi) is 3.18. The van der Waals surface area contributed by atoms with E-state index in [1.54, 1.807) is 4.68 Å². The average Bonchev–Trinajstić information content (AvgIpc) is 2.96. The zero-order valence-electron chi connectivity index (χ0n) is 11.5. The first-order chi connectivity index (χ1) is 9.63. The van der Waals surface area contributed by atoms with E-state index in [1.807, 2.05) is 31.3 Å². The lowest BCUT2D eigenvalue weighted by molar-refractivity contribution is -0.115. The highest BCUT2D eigenvalue weighted by Crippen LogP contribution is 2.28. The fourth-order valence-corrected chi connectivity index (χ4v) is 2.67. The minimum Gasteiger partial charge on any atom is -0.399 e. The largest absolute Gasteiger partial charge is 0.399 e. The van der Waals surface area contributed by atoms with Gasteiger partial charge in [-0.25, -0.2) is 0 Å². The van der Waals surface area contributed by atoms with E-state index in [0.717, 1.165) is 36.3 Å². The molecule has 3 rings (SSSR count). The predicted octanol–water partition coefficient (Wildman–Crippen LogP) is 1.67. The van der Waals surface area contributed by atoms with Gasteiger partial charge < -0.3 is 11.1 Å². The van der Waals surface area contributed by atoms with Crippen LogP contribution in [0.3, 0.4) is 0 Å². The summed E-state index contributed by atoms with van der Waals surface area (Å²) in [5.41, 5.74) is 9.61. The van der Waals surface area contributed by atoms with Crippen LogP contribution in [0.4, 0.5) is 11.5 Å². The van der Waals surface area contributed by atoms with Gasteiger partial charge in [-0.15, -0.1) is 0 Å². The summed E-state index contributed by atoms with van der Waals surface area (Å²) < 4.78 is 1.77. The van der Waals surface area contributed by atoms with Crippen LogP contribution in [0.5, 0.6) is 0 Å². The number of hydrogen-bond acceptors (Lipinski definition) is 3. The van der Waals surface area contributed by atoms with E-state index in [9.17, 15) is 4.79 Å². The van der Waals surface area contributed by atoms with E-state index in [4.69, 9.17) is 5.73 Å². The van der Waals surface area contributed by atoms with Crippen molar-refractivity contribution in [3.8, 4) is 0 Å². The Morgan fingerprint density at radius 2 is 2.10 bits per heavy atom. The number of carbonyl (C=O) groups is 1. The van der Waals surface area contributed by atoms with Crippen molar-refractivity contribution in [2.24, 2.45) is 7.05 Å². The van der Waals surface area contributed by atoms with Crippen LogP contribution in [-0.4, -0.2) is 15.7 Å². The molecule has 0 saturated carbocycles. The third-order valence-corrected chi connectivity index (χ3v) is 3.67. The molecule has 1 aliphatic rings. The molecular weight excluding hydrogens is 252 g/mol. The normalized spacial score (nSPS) is 13.2. The van der Waals surface area contributed by atoms with Crippen LogP contribution in [0.15, 0.2) is 24.3 Å². The van der Waals surface area contributed by atoms with E-state index >= 15 is 0 Å². The summed E-state index contributed by atoms with van der Waals surface area (Å²) in [5.74, 6) is 0.824. The molecule has 0 spiro atoms. The van der Waals surface area contributed by atoms with Crippen LogP contribution in [0.25, 0.3) is 0 Å². The molecule has 1 aliphatic carbocycles. The zero-order valence-corrected chi connectivity index (χ0v) is 11.5. The molecule has 3 N–H and O–H groups in total. The number of hydrogen-bond donors (Lipinski definition) is 2. The molecule has 1 heterocycles. The van der Waals surface area contributed by atoms with Gasteiger partial charge in [0, 0.05) is 18.3 Å². The Balaban J connectivity index is 1.72. The maximum Gasteiger partial charge on any atom is 0.229 e. The molecule has 2 aromatic rings. The average molecular weight is 270 g/mol. The van der Waals surface area contributed by atoms with Crippen LogP contribution >= 0.6 is 0 Å². The molecule has 5 heteroatoms. The molecule has 0 fully saturated rings. The number of nitrogen functional groups attached to an aromatic ring is 1. The predicted molar refractivity (Wildman–Crippen MR) is 78.4 cm³/mol. The maximum atomic E-state index is 12.1. The summed E-state index contributed by atoms with van der Waals surface area (Å²) >= 11 is 0. The van der Waals surface area contributed by atoms with Crippen molar-refractivity contribution < 1.29 is 4.79 Å². The molecule has 1 aromatic carbocycles. The Bertz CT molecular complexity index is 643. The van der Waals surface area contributed by atoms with Crippen molar-refractivity contribution in [2.45, 2.75) is 25.7 Å². The lowest BCUT2D eigenvalue weighted by Gasteiger charge is -2.08. The Hall–Kier alpha value is -2.30. The van der Waals surface area contributed by atoms with Gasteiger partial charge >= 0.3 is 0 Å². The molecule has 1 amide bonds. The third kappa shape index (κ3) is 2.39. The van der Waals surface area contributed by atoms with Gasteiger partial charge in [0.2, 0.25) is 5.91 Å². The van der Waals surface area contributed by atoms with Crippen molar-refractivity contribution in [3.05, 3.63) is 41.1 Å². The van der Waals surface area contributed by atoms with Crippen molar-refractivity contribution in [3.63, 3.8) is 0 Å². The number of nitrogens with zero attached hydrogens (tertiary/aromatic N) is 2. The molecule has 0 bridgehead atoms. The summed E-state index contributed by atoms with van der Waals surface area (Å²) in [4.78, 5) is 12.1. The first kappa shape index (κ1) is 12.7. The standard InChI is InChI=1S/C15H18N4O/c1-19-15(12-3-2-4-13(12)18-19)17-14(20)9-10-5-7-11(16)8-6-10/h5-8H,2-4,9,16H2,1H3,(H,17,20). The highest BCUT2D eigenvalue weighted by molar-refractivity contribution is 5.92. The van der Waals surface area contributed by atoms with Crippen molar-refractivity contribution >= 4 is 17.4 Å². The molecule has 0 saturated heterocycles. The van der Waals surface area contributed by atoms with Gasteiger partial charge in [0.25, 0.3) is 0 Å². The van der Waals surface area contributed by atoms with E-state index in [2.05, 4.69) is 10.4 Å². The summed E-state index contributed by atoms with van der Waals surface area (Å²) in [6, 6.07) is 7.37. The molecular formula is C15H18N4O. The first-order valence-electron chi connectivity index (χ1n) is 6.82. The van der Waals surface area contributed by atoms with Crippen molar-refractivity contribution in [1.29, 1.82) is 0 Å². The van der Waals surface area contributed by atoms with Crippen molar-refractivity contribution in [2.75, 3.05) is 11.1 Å². The molecule has 0 atom stereocenters. The summed E-state index contributed by atoms with van der Waals surface area (Å²) in [7, 11) is 1.87. The number of nitrogens with two attached hydrogens (primary N) is 1. The van der Waals surface area contributed by atoms with Gasteiger partial charge in [-0.2, -0.15) is 5.10 Å². The highest BCUT2D eigenvalue weighted by atomic mass is 16.1. The number of amides is 1. The Morgan fingerprint density at radius 3 is 2.85 bits per heavy atom. The highest BCUT2D eigenvalue weighted by Gasteiger charge is 2.21. The number of carbonyl (C=O) groups excluding carboxylic acids is 1. The fourth-order valence-electron chi connectivity index (χ4n) is 2.67. The number of nitrogens with one attached hydrogen (secondary N) is 1.